The standard InChI is InChI=1S/C14H28O2.CH4/c1-12(2)7-5-6-10-16-11-14(15)9-8-13(3)4;/h12-13H,5-11H2,1-4H3;1H4. The zero-order valence-corrected chi connectivity index (χ0v) is 11.4. The maximum absolute atomic E-state index is 11.4. The number of ketones is 1. The summed E-state index contributed by atoms with van der Waals surface area (Å²) in [6.45, 7) is 9.79. The van der Waals surface area contributed by atoms with E-state index in [1.165, 1.54) is 12.8 Å². The molecule has 0 N–H and O–H groups in total. The Kier molecular flexibility index (Phi) is 13.5. The Morgan fingerprint density at radius 1 is 1.00 bits per heavy atom. The predicted octanol–water partition coefficient (Wildman–Crippen LogP) is 4.47. The summed E-state index contributed by atoms with van der Waals surface area (Å²) in [6.07, 6.45) is 5.19. The van der Waals surface area contributed by atoms with Crippen LogP contribution in [0.4, 0.5) is 0 Å². The van der Waals surface area contributed by atoms with E-state index in [1.54, 1.807) is 0 Å². The van der Waals surface area contributed by atoms with Crippen LogP contribution in [0.25, 0.3) is 0 Å². The minimum absolute atomic E-state index is 0. The van der Waals surface area contributed by atoms with E-state index in [2.05, 4.69) is 27.7 Å². The molecule has 0 saturated heterocycles. The number of ether oxygens (including phenoxy) is 1. The molecular formula is C15H32O2. The van der Waals surface area contributed by atoms with Gasteiger partial charge in [0.05, 0.1) is 0 Å². The second kappa shape index (κ2) is 12.1. The molecule has 0 aromatic rings. The van der Waals surface area contributed by atoms with Gasteiger partial charge in [0.2, 0.25) is 0 Å². The SMILES string of the molecule is C.CC(C)CCCCOCC(=O)CCC(C)C. The van der Waals surface area contributed by atoms with Gasteiger partial charge in [-0.1, -0.05) is 48.0 Å². The van der Waals surface area contributed by atoms with Crippen molar-refractivity contribution in [3.8, 4) is 0 Å². The van der Waals surface area contributed by atoms with Crippen molar-refractivity contribution < 1.29 is 9.53 Å². The molecule has 0 radical (unpaired) electrons. The minimum atomic E-state index is 0. The zero-order valence-electron chi connectivity index (χ0n) is 11.4. The first-order chi connectivity index (χ1) is 7.52. The van der Waals surface area contributed by atoms with Gasteiger partial charge in [-0.2, -0.15) is 0 Å². The first-order valence-corrected chi connectivity index (χ1v) is 6.61. The fourth-order valence-corrected chi connectivity index (χ4v) is 1.46. The first kappa shape index (κ1) is 19.0. The van der Waals surface area contributed by atoms with Crippen LogP contribution in [0.2, 0.25) is 0 Å². The van der Waals surface area contributed by atoms with Crippen molar-refractivity contribution in [1.82, 2.24) is 0 Å². The van der Waals surface area contributed by atoms with Crippen molar-refractivity contribution >= 4 is 5.78 Å². The molecule has 0 heterocycles. The molecule has 0 atom stereocenters. The topological polar surface area (TPSA) is 26.3 Å². The van der Waals surface area contributed by atoms with Crippen LogP contribution in [-0.4, -0.2) is 19.0 Å². The summed E-state index contributed by atoms with van der Waals surface area (Å²) in [7, 11) is 0. The molecule has 0 aliphatic heterocycles. The quantitative estimate of drug-likeness (QED) is 0.530. The Morgan fingerprint density at radius 3 is 2.12 bits per heavy atom. The van der Waals surface area contributed by atoms with Crippen molar-refractivity contribution in [1.29, 1.82) is 0 Å². The van der Waals surface area contributed by atoms with Crippen LogP contribution in [0.15, 0.2) is 0 Å². The van der Waals surface area contributed by atoms with Crippen LogP contribution in [0.5, 0.6) is 0 Å². The number of unbranched alkanes of at least 4 members (excludes halogenated alkanes) is 1. The highest BCUT2D eigenvalue weighted by molar-refractivity contribution is 5.79. The van der Waals surface area contributed by atoms with Gasteiger partial charge in [0.25, 0.3) is 0 Å². The Labute approximate surface area is 108 Å². The maximum Gasteiger partial charge on any atom is 0.158 e. The van der Waals surface area contributed by atoms with Crippen LogP contribution in [0.3, 0.4) is 0 Å². The summed E-state index contributed by atoms with van der Waals surface area (Å²) in [5.74, 6) is 1.63. The molecule has 17 heavy (non-hydrogen) atoms. The van der Waals surface area contributed by atoms with Gasteiger partial charge in [0.15, 0.2) is 5.78 Å². The molecule has 0 unspecified atom stereocenters. The van der Waals surface area contributed by atoms with E-state index < -0.39 is 0 Å². The van der Waals surface area contributed by atoms with Crippen molar-refractivity contribution in [3.63, 3.8) is 0 Å². The number of carbonyl (C=O) groups excluding carboxylic acids is 1. The maximum atomic E-state index is 11.4. The lowest BCUT2D eigenvalue weighted by molar-refractivity contribution is -0.123. The molecule has 0 bridgehead atoms. The van der Waals surface area contributed by atoms with Gasteiger partial charge in [0.1, 0.15) is 6.61 Å². The van der Waals surface area contributed by atoms with E-state index in [9.17, 15) is 4.79 Å². The lowest BCUT2D eigenvalue weighted by Crippen LogP contribution is -2.10. The van der Waals surface area contributed by atoms with Gasteiger partial charge in [-0.15, -0.1) is 0 Å². The van der Waals surface area contributed by atoms with Crippen LogP contribution in [0.1, 0.15) is 67.2 Å². The number of hydrogen-bond donors (Lipinski definition) is 0. The molecule has 104 valence electrons. The molecule has 0 aromatic carbocycles. The van der Waals surface area contributed by atoms with Gasteiger partial charge in [-0.3, -0.25) is 4.79 Å². The summed E-state index contributed by atoms with van der Waals surface area (Å²) in [5, 5.41) is 0. The van der Waals surface area contributed by atoms with E-state index in [4.69, 9.17) is 4.74 Å². The summed E-state index contributed by atoms with van der Waals surface area (Å²) in [5.41, 5.74) is 0. The minimum Gasteiger partial charge on any atom is -0.374 e. The molecule has 2 nitrogen and oxygen atoms in total. The Bertz CT molecular complexity index is 174. The van der Waals surface area contributed by atoms with E-state index in [0.717, 1.165) is 25.4 Å². The second-order valence-electron chi connectivity index (χ2n) is 5.41. The largest absolute Gasteiger partial charge is 0.374 e. The van der Waals surface area contributed by atoms with Gasteiger partial charge in [-0.25, -0.2) is 0 Å². The van der Waals surface area contributed by atoms with Crippen molar-refractivity contribution in [3.05, 3.63) is 0 Å². The summed E-state index contributed by atoms with van der Waals surface area (Å²) >= 11 is 0. The van der Waals surface area contributed by atoms with Crippen molar-refractivity contribution in [2.75, 3.05) is 13.2 Å². The zero-order chi connectivity index (χ0) is 12.4. The summed E-state index contributed by atoms with van der Waals surface area (Å²) < 4.78 is 5.36. The Balaban J connectivity index is 0. The van der Waals surface area contributed by atoms with E-state index in [0.29, 0.717) is 18.9 Å². The summed E-state index contributed by atoms with van der Waals surface area (Å²) in [6, 6.07) is 0. The highest BCUT2D eigenvalue weighted by Crippen LogP contribution is 2.06. The van der Waals surface area contributed by atoms with Crippen LogP contribution in [-0.2, 0) is 9.53 Å². The highest BCUT2D eigenvalue weighted by Gasteiger charge is 2.03. The Morgan fingerprint density at radius 2 is 1.59 bits per heavy atom. The molecule has 0 spiro atoms. The van der Waals surface area contributed by atoms with Crippen molar-refractivity contribution in [2.24, 2.45) is 11.8 Å². The van der Waals surface area contributed by atoms with E-state index in [1.807, 2.05) is 0 Å². The lowest BCUT2D eigenvalue weighted by atomic mass is 10.1. The molecule has 0 fully saturated rings. The molecule has 2 heteroatoms. The van der Waals surface area contributed by atoms with Crippen LogP contribution in [0, 0.1) is 11.8 Å². The molecular weight excluding hydrogens is 212 g/mol. The average molecular weight is 244 g/mol. The summed E-state index contributed by atoms with van der Waals surface area (Å²) in [4.78, 5) is 11.4. The fraction of sp³-hybridized carbons (Fsp3) is 0.933. The monoisotopic (exact) mass is 244 g/mol. The molecule has 0 amide bonds. The predicted molar refractivity (Wildman–Crippen MR) is 75.3 cm³/mol. The fourth-order valence-electron chi connectivity index (χ4n) is 1.46. The third-order valence-corrected chi connectivity index (χ3v) is 2.58. The van der Waals surface area contributed by atoms with Crippen molar-refractivity contribution in [2.45, 2.75) is 67.2 Å². The molecule has 0 aliphatic carbocycles. The Hall–Kier alpha value is -0.370. The third kappa shape index (κ3) is 15.6. The third-order valence-electron chi connectivity index (χ3n) is 2.58. The molecule has 0 saturated carbocycles. The first-order valence-electron chi connectivity index (χ1n) is 6.61. The number of carbonyl (C=O) groups is 1. The van der Waals surface area contributed by atoms with Crippen LogP contribution < -0.4 is 0 Å². The average Bonchev–Trinajstić information content (AvgIpc) is 2.19. The molecule has 0 aromatic heterocycles. The van der Waals surface area contributed by atoms with Crippen LogP contribution >= 0.6 is 0 Å². The lowest BCUT2D eigenvalue weighted by Gasteiger charge is -2.06. The molecule has 0 rings (SSSR count). The smallest absolute Gasteiger partial charge is 0.158 e. The van der Waals surface area contributed by atoms with E-state index in [-0.39, 0.29) is 13.2 Å². The van der Waals surface area contributed by atoms with E-state index >= 15 is 0 Å². The second-order valence-corrected chi connectivity index (χ2v) is 5.41. The normalized spacial score (nSPS) is 10.7. The molecule has 0 aliphatic rings. The highest BCUT2D eigenvalue weighted by atomic mass is 16.5. The van der Waals surface area contributed by atoms with Gasteiger partial charge in [0, 0.05) is 13.0 Å². The van der Waals surface area contributed by atoms with Gasteiger partial charge < -0.3 is 4.74 Å². The number of hydrogen-bond acceptors (Lipinski definition) is 2. The van der Waals surface area contributed by atoms with Gasteiger partial charge >= 0.3 is 0 Å². The number of Topliss-reactive ketones (excluding diaryl/α,β-unsaturated/α-hetero) is 1. The number of rotatable bonds is 10. The van der Waals surface area contributed by atoms with Gasteiger partial charge in [-0.05, 0) is 24.7 Å².